The van der Waals surface area contributed by atoms with E-state index in [2.05, 4.69) is 57.6 Å². The van der Waals surface area contributed by atoms with Crippen molar-refractivity contribution < 1.29 is 4.79 Å². The Morgan fingerprint density at radius 3 is 1.86 bits per heavy atom. The van der Waals surface area contributed by atoms with Crippen LogP contribution in [-0.2, 0) is 4.79 Å². The van der Waals surface area contributed by atoms with Crippen LogP contribution in [-0.4, -0.2) is 5.91 Å². The summed E-state index contributed by atoms with van der Waals surface area (Å²) in [6.07, 6.45) is 4.69. The zero-order valence-corrected chi connectivity index (χ0v) is 18.0. The highest BCUT2D eigenvalue weighted by Gasteiger charge is 2.33. The second kappa shape index (κ2) is 9.41. The van der Waals surface area contributed by atoms with Gasteiger partial charge in [0.1, 0.15) is 0 Å². The molecule has 2 nitrogen and oxygen atoms in total. The Morgan fingerprint density at radius 2 is 1.28 bits per heavy atom. The molecule has 1 amide bonds. The summed E-state index contributed by atoms with van der Waals surface area (Å²) in [6, 6.07) is 28.6. The monoisotopic (exact) mass is 447 g/mol. The Kier molecular flexibility index (Phi) is 6.46. The summed E-state index contributed by atoms with van der Waals surface area (Å²) in [4.78, 5) is 13.6. The molecule has 2 atom stereocenters. The minimum absolute atomic E-state index is 0.0969. The molecule has 1 aliphatic carbocycles. The maximum Gasteiger partial charge on any atom is 0.228 e. The molecule has 3 heteroatoms. The van der Waals surface area contributed by atoms with Gasteiger partial charge in [0.2, 0.25) is 5.91 Å². The van der Waals surface area contributed by atoms with E-state index in [1.165, 1.54) is 12.8 Å². The highest BCUT2D eigenvalue weighted by Crippen LogP contribution is 2.38. The number of amides is 1. The Hall–Kier alpha value is -2.39. The lowest BCUT2D eigenvalue weighted by Crippen LogP contribution is -2.36. The van der Waals surface area contributed by atoms with Crippen LogP contribution in [0.3, 0.4) is 0 Å². The van der Waals surface area contributed by atoms with Crippen molar-refractivity contribution in [2.24, 2.45) is 5.92 Å². The van der Waals surface area contributed by atoms with E-state index in [-0.39, 0.29) is 17.9 Å². The summed E-state index contributed by atoms with van der Waals surface area (Å²) in [5, 5.41) is 3.39. The summed E-state index contributed by atoms with van der Waals surface area (Å²) in [7, 11) is 0. The van der Waals surface area contributed by atoms with E-state index in [9.17, 15) is 4.79 Å². The van der Waals surface area contributed by atoms with Gasteiger partial charge in [-0.15, -0.1) is 0 Å². The normalized spacial score (nSPS) is 16.3. The third-order valence-electron chi connectivity index (χ3n) is 5.94. The first-order chi connectivity index (χ1) is 14.2. The zero-order valence-electron chi connectivity index (χ0n) is 16.4. The fourth-order valence-electron chi connectivity index (χ4n) is 4.48. The van der Waals surface area contributed by atoms with Gasteiger partial charge in [-0.3, -0.25) is 4.79 Å². The number of rotatable bonds is 6. The van der Waals surface area contributed by atoms with Crippen molar-refractivity contribution in [3.05, 3.63) is 106 Å². The van der Waals surface area contributed by atoms with Gasteiger partial charge in [-0.25, -0.2) is 0 Å². The summed E-state index contributed by atoms with van der Waals surface area (Å²) >= 11 is 3.51. The van der Waals surface area contributed by atoms with Crippen LogP contribution in [0.5, 0.6) is 0 Å². The van der Waals surface area contributed by atoms with Gasteiger partial charge in [-0.2, -0.15) is 0 Å². The first kappa shape index (κ1) is 19.9. The van der Waals surface area contributed by atoms with Crippen molar-refractivity contribution >= 4 is 21.8 Å². The fourth-order valence-corrected chi connectivity index (χ4v) is 4.74. The van der Waals surface area contributed by atoms with Gasteiger partial charge in [0.15, 0.2) is 0 Å². The van der Waals surface area contributed by atoms with E-state index in [1.54, 1.807) is 0 Å². The topological polar surface area (TPSA) is 29.1 Å². The number of halogens is 1. The quantitative estimate of drug-likeness (QED) is 0.451. The zero-order chi connectivity index (χ0) is 20.1. The number of hydrogen-bond acceptors (Lipinski definition) is 1. The number of nitrogens with one attached hydrogen (secondary N) is 1. The minimum Gasteiger partial charge on any atom is -0.345 e. The SMILES string of the molecule is O=C(N[C@@H](c1ccccc1)c1ccc(Br)cc1)[C@H](c1ccccc1)C1CCCC1. The van der Waals surface area contributed by atoms with E-state index < -0.39 is 0 Å². The van der Waals surface area contributed by atoms with Gasteiger partial charge in [0.25, 0.3) is 0 Å². The van der Waals surface area contributed by atoms with Crippen molar-refractivity contribution in [2.75, 3.05) is 0 Å². The predicted molar refractivity (Wildman–Crippen MR) is 122 cm³/mol. The third kappa shape index (κ3) is 4.79. The Morgan fingerprint density at radius 1 is 0.759 bits per heavy atom. The van der Waals surface area contributed by atoms with Gasteiger partial charge in [-0.05, 0) is 47.6 Å². The van der Waals surface area contributed by atoms with Gasteiger partial charge in [-0.1, -0.05) is 102 Å². The van der Waals surface area contributed by atoms with E-state index in [0.29, 0.717) is 5.92 Å². The van der Waals surface area contributed by atoms with E-state index in [4.69, 9.17) is 0 Å². The van der Waals surface area contributed by atoms with Crippen LogP contribution in [0.4, 0.5) is 0 Å². The molecule has 4 rings (SSSR count). The van der Waals surface area contributed by atoms with Crippen LogP contribution in [0.1, 0.15) is 54.3 Å². The first-order valence-corrected chi connectivity index (χ1v) is 11.2. The Labute approximate surface area is 181 Å². The van der Waals surface area contributed by atoms with E-state index in [1.807, 2.05) is 48.5 Å². The second-order valence-corrected chi connectivity index (χ2v) is 8.75. The number of benzene rings is 3. The average Bonchev–Trinajstić information content (AvgIpc) is 3.29. The molecule has 0 radical (unpaired) electrons. The van der Waals surface area contributed by atoms with Crippen LogP contribution < -0.4 is 5.32 Å². The van der Waals surface area contributed by atoms with E-state index >= 15 is 0 Å². The molecule has 3 aromatic carbocycles. The van der Waals surface area contributed by atoms with Gasteiger partial charge in [0.05, 0.1) is 12.0 Å². The predicted octanol–water partition coefficient (Wildman–Crippen LogP) is 6.63. The number of carbonyl (C=O) groups excluding carboxylic acids is 1. The molecule has 0 aliphatic heterocycles. The first-order valence-electron chi connectivity index (χ1n) is 10.4. The molecule has 1 aliphatic rings. The molecule has 0 unspecified atom stereocenters. The second-order valence-electron chi connectivity index (χ2n) is 7.84. The van der Waals surface area contributed by atoms with Crippen LogP contribution in [0.15, 0.2) is 89.4 Å². The third-order valence-corrected chi connectivity index (χ3v) is 6.46. The number of carbonyl (C=O) groups is 1. The molecule has 1 N–H and O–H groups in total. The Bertz CT molecular complexity index is 918. The summed E-state index contributed by atoms with van der Waals surface area (Å²) < 4.78 is 1.03. The molecule has 3 aromatic rings. The van der Waals surface area contributed by atoms with E-state index in [0.717, 1.165) is 34.0 Å². The molecule has 1 fully saturated rings. The van der Waals surface area contributed by atoms with Crippen molar-refractivity contribution in [1.29, 1.82) is 0 Å². The summed E-state index contributed by atoms with van der Waals surface area (Å²) in [5.41, 5.74) is 3.31. The molecular weight excluding hydrogens is 422 g/mol. The minimum atomic E-state index is -0.163. The van der Waals surface area contributed by atoms with Crippen LogP contribution >= 0.6 is 15.9 Å². The smallest absolute Gasteiger partial charge is 0.228 e. The maximum absolute atomic E-state index is 13.6. The van der Waals surface area contributed by atoms with Crippen molar-refractivity contribution in [2.45, 2.75) is 37.6 Å². The lowest BCUT2D eigenvalue weighted by atomic mass is 9.83. The highest BCUT2D eigenvalue weighted by atomic mass is 79.9. The molecule has 0 heterocycles. The molecule has 0 bridgehead atoms. The lowest BCUT2D eigenvalue weighted by Gasteiger charge is -2.27. The maximum atomic E-state index is 13.6. The van der Waals surface area contributed by atoms with Gasteiger partial charge >= 0.3 is 0 Å². The standard InChI is InChI=1S/C26H26BrNO/c27-23-17-15-22(16-18-23)25(21-13-5-2-6-14-21)28-26(29)24(20-11-7-8-12-20)19-9-3-1-4-10-19/h1-6,9-10,13-18,20,24-25H,7-8,11-12H2,(H,28,29)/t24-,25+/m1/s1. The molecule has 1 saturated carbocycles. The Balaban J connectivity index is 1.66. The summed E-state index contributed by atoms with van der Waals surface area (Å²) in [6.45, 7) is 0. The fraction of sp³-hybridized carbons (Fsp3) is 0.269. The highest BCUT2D eigenvalue weighted by molar-refractivity contribution is 9.10. The molecule has 0 aromatic heterocycles. The number of hydrogen-bond donors (Lipinski definition) is 1. The van der Waals surface area contributed by atoms with Crippen molar-refractivity contribution in [1.82, 2.24) is 5.32 Å². The van der Waals surface area contributed by atoms with Crippen LogP contribution in [0.25, 0.3) is 0 Å². The van der Waals surface area contributed by atoms with Crippen LogP contribution in [0.2, 0.25) is 0 Å². The largest absolute Gasteiger partial charge is 0.345 e. The molecule has 0 saturated heterocycles. The van der Waals surface area contributed by atoms with Gasteiger partial charge in [0, 0.05) is 4.47 Å². The molecule has 29 heavy (non-hydrogen) atoms. The van der Waals surface area contributed by atoms with Crippen molar-refractivity contribution in [3.63, 3.8) is 0 Å². The molecular formula is C26H26BrNO. The van der Waals surface area contributed by atoms with Crippen LogP contribution in [0, 0.1) is 5.92 Å². The van der Waals surface area contributed by atoms with Gasteiger partial charge < -0.3 is 5.32 Å². The average molecular weight is 448 g/mol. The van der Waals surface area contributed by atoms with Crippen molar-refractivity contribution in [3.8, 4) is 0 Å². The lowest BCUT2D eigenvalue weighted by molar-refractivity contribution is -0.124. The summed E-state index contributed by atoms with van der Waals surface area (Å²) in [5.74, 6) is 0.443. The molecule has 0 spiro atoms. The molecule has 148 valence electrons.